The number of fused-ring (bicyclic) bond motifs is 1. The fourth-order valence-corrected chi connectivity index (χ4v) is 3.22. The Morgan fingerprint density at radius 1 is 1.11 bits per heavy atom. The minimum Gasteiger partial charge on any atom is -0.294 e. The van der Waals surface area contributed by atoms with E-state index in [1.807, 2.05) is 13.8 Å². The molecule has 0 amide bonds. The second kappa shape index (κ2) is 6.61. The number of nitro groups is 1. The molecule has 6 nitrogen and oxygen atoms in total. The van der Waals surface area contributed by atoms with Crippen molar-refractivity contribution in [2.45, 2.75) is 46.6 Å². The molecule has 3 aromatic rings. The molecule has 3 rings (SSSR count). The predicted molar refractivity (Wildman–Crippen MR) is 106 cm³/mol. The van der Waals surface area contributed by atoms with E-state index < -0.39 is 4.92 Å². The van der Waals surface area contributed by atoms with Gasteiger partial charge in [0.2, 0.25) is 0 Å². The molecule has 140 valence electrons. The number of nitro benzene ring substituents is 1. The molecule has 0 aliphatic heterocycles. The molecule has 2 aromatic carbocycles. The van der Waals surface area contributed by atoms with Crippen molar-refractivity contribution in [3.63, 3.8) is 0 Å². The van der Waals surface area contributed by atoms with Crippen LogP contribution in [0.1, 0.15) is 43.0 Å². The van der Waals surface area contributed by atoms with Crippen molar-refractivity contribution >= 4 is 16.6 Å². The summed E-state index contributed by atoms with van der Waals surface area (Å²) in [6, 6.07) is 8.48. The van der Waals surface area contributed by atoms with Gasteiger partial charge >= 0.3 is 0 Å². The number of aryl methyl sites for hydroxylation is 2. The van der Waals surface area contributed by atoms with Gasteiger partial charge in [-0.25, -0.2) is 4.98 Å². The Hall–Kier alpha value is -3.02. The molecular formula is C21H23N3O3. The van der Waals surface area contributed by atoms with Crippen molar-refractivity contribution in [2.24, 2.45) is 0 Å². The van der Waals surface area contributed by atoms with Crippen molar-refractivity contribution in [3.05, 3.63) is 79.4 Å². The molecule has 0 saturated carbocycles. The lowest BCUT2D eigenvalue weighted by Gasteiger charge is -2.22. The van der Waals surface area contributed by atoms with Gasteiger partial charge in [-0.2, -0.15) is 0 Å². The highest BCUT2D eigenvalue weighted by Gasteiger charge is 2.17. The van der Waals surface area contributed by atoms with E-state index in [0.29, 0.717) is 12.1 Å². The molecule has 0 atom stereocenters. The van der Waals surface area contributed by atoms with E-state index in [1.165, 1.54) is 34.7 Å². The average Bonchev–Trinajstić information content (AvgIpc) is 2.58. The molecule has 1 heterocycles. The summed E-state index contributed by atoms with van der Waals surface area (Å²) < 4.78 is 1.51. The third-order valence-electron chi connectivity index (χ3n) is 4.91. The highest BCUT2D eigenvalue weighted by Crippen LogP contribution is 2.27. The number of nitrogens with zero attached hydrogens (tertiary/aromatic N) is 3. The summed E-state index contributed by atoms with van der Waals surface area (Å²) >= 11 is 0. The first-order valence-electron chi connectivity index (χ1n) is 8.82. The van der Waals surface area contributed by atoms with Crippen LogP contribution in [-0.4, -0.2) is 14.5 Å². The summed E-state index contributed by atoms with van der Waals surface area (Å²) in [6.45, 7) is 11.0. The molecule has 27 heavy (non-hydrogen) atoms. The molecule has 0 aliphatic carbocycles. The van der Waals surface area contributed by atoms with Gasteiger partial charge in [-0.15, -0.1) is 0 Å². The SMILES string of the molecule is Cc1cc(C(C)(C)C)cc(C)c1Cn1cnc2ccc([N+](=O)[O-])cc2c1=O. The monoisotopic (exact) mass is 365 g/mol. The van der Waals surface area contributed by atoms with Crippen molar-refractivity contribution in [3.8, 4) is 0 Å². The van der Waals surface area contributed by atoms with Crippen LogP contribution in [0, 0.1) is 24.0 Å². The van der Waals surface area contributed by atoms with Gasteiger partial charge in [0.15, 0.2) is 0 Å². The lowest BCUT2D eigenvalue weighted by Crippen LogP contribution is -2.22. The van der Waals surface area contributed by atoms with E-state index in [9.17, 15) is 14.9 Å². The quantitative estimate of drug-likeness (QED) is 0.513. The first kappa shape index (κ1) is 18.8. The number of aromatic nitrogens is 2. The van der Waals surface area contributed by atoms with Crippen LogP contribution in [0.3, 0.4) is 0 Å². The van der Waals surface area contributed by atoms with Crippen LogP contribution in [-0.2, 0) is 12.0 Å². The lowest BCUT2D eigenvalue weighted by molar-refractivity contribution is -0.384. The van der Waals surface area contributed by atoms with Gasteiger partial charge in [0.1, 0.15) is 0 Å². The van der Waals surface area contributed by atoms with Crippen molar-refractivity contribution in [1.82, 2.24) is 9.55 Å². The molecule has 0 fully saturated rings. The average molecular weight is 365 g/mol. The van der Waals surface area contributed by atoms with Crippen LogP contribution in [0.2, 0.25) is 0 Å². The number of non-ortho nitro benzene ring substituents is 1. The Labute approximate surface area is 157 Å². The smallest absolute Gasteiger partial charge is 0.270 e. The first-order chi connectivity index (χ1) is 12.6. The normalized spacial score (nSPS) is 11.7. The summed E-state index contributed by atoms with van der Waals surface area (Å²) in [4.78, 5) is 27.7. The van der Waals surface area contributed by atoms with Gasteiger partial charge in [-0.3, -0.25) is 19.5 Å². The summed E-state index contributed by atoms with van der Waals surface area (Å²) in [5, 5.41) is 11.3. The molecule has 0 saturated heterocycles. The van der Waals surface area contributed by atoms with E-state index in [2.05, 4.69) is 37.9 Å². The maximum absolute atomic E-state index is 12.9. The van der Waals surface area contributed by atoms with E-state index in [-0.39, 0.29) is 22.0 Å². The van der Waals surface area contributed by atoms with E-state index in [0.717, 1.165) is 16.7 Å². The zero-order valence-corrected chi connectivity index (χ0v) is 16.2. The number of rotatable bonds is 3. The Morgan fingerprint density at radius 3 is 2.30 bits per heavy atom. The van der Waals surface area contributed by atoms with Gasteiger partial charge in [-0.1, -0.05) is 32.9 Å². The van der Waals surface area contributed by atoms with E-state index in [4.69, 9.17) is 0 Å². The number of hydrogen-bond acceptors (Lipinski definition) is 4. The molecule has 1 aromatic heterocycles. The minimum absolute atomic E-state index is 0.0499. The summed E-state index contributed by atoms with van der Waals surface area (Å²) in [7, 11) is 0. The number of benzene rings is 2. The van der Waals surface area contributed by atoms with Crippen LogP contribution in [0.15, 0.2) is 41.5 Å². The maximum atomic E-state index is 12.9. The van der Waals surface area contributed by atoms with Crippen LogP contribution in [0.25, 0.3) is 10.9 Å². The third-order valence-corrected chi connectivity index (χ3v) is 4.91. The zero-order valence-electron chi connectivity index (χ0n) is 16.2. The van der Waals surface area contributed by atoms with Gasteiger partial charge in [0, 0.05) is 12.1 Å². The van der Waals surface area contributed by atoms with Crippen molar-refractivity contribution < 1.29 is 4.92 Å². The maximum Gasteiger partial charge on any atom is 0.270 e. The van der Waals surface area contributed by atoms with Gasteiger partial charge in [0.25, 0.3) is 11.2 Å². The van der Waals surface area contributed by atoms with Gasteiger partial charge in [-0.05, 0) is 47.6 Å². The molecule has 0 bridgehead atoms. The fraction of sp³-hybridized carbons (Fsp3) is 0.333. The van der Waals surface area contributed by atoms with Crippen LogP contribution in [0.5, 0.6) is 0 Å². The standard InChI is InChI=1S/C21H23N3O3/c1-13-8-15(21(3,4)5)9-14(2)18(13)11-23-12-22-19-7-6-16(24(26)27)10-17(19)20(23)25/h6-10,12H,11H2,1-5H3. The molecule has 0 unspecified atom stereocenters. The highest BCUT2D eigenvalue weighted by atomic mass is 16.6. The molecule has 6 heteroatoms. The largest absolute Gasteiger partial charge is 0.294 e. The predicted octanol–water partition coefficient (Wildman–Crippen LogP) is 4.27. The fourth-order valence-electron chi connectivity index (χ4n) is 3.22. The Kier molecular flexibility index (Phi) is 4.59. The molecule has 0 spiro atoms. The highest BCUT2D eigenvalue weighted by molar-refractivity contribution is 5.79. The minimum atomic E-state index is -0.504. The summed E-state index contributed by atoms with van der Waals surface area (Å²) in [6.07, 6.45) is 1.51. The Bertz CT molecular complexity index is 1080. The topological polar surface area (TPSA) is 78.0 Å². The number of hydrogen-bond donors (Lipinski definition) is 0. The molecule has 0 aliphatic rings. The second-order valence-electron chi connectivity index (χ2n) is 7.97. The van der Waals surface area contributed by atoms with Crippen LogP contribution < -0.4 is 5.56 Å². The molecular weight excluding hydrogens is 342 g/mol. The van der Waals surface area contributed by atoms with Crippen molar-refractivity contribution in [2.75, 3.05) is 0 Å². The third kappa shape index (κ3) is 3.60. The zero-order chi connectivity index (χ0) is 19.9. The Balaban J connectivity index is 2.08. The van der Waals surface area contributed by atoms with Gasteiger partial charge < -0.3 is 0 Å². The lowest BCUT2D eigenvalue weighted by atomic mass is 9.84. The van der Waals surface area contributed by atoms with Crippen LogP contribution >= 0.6 is 0 Å². The van der Waals surface area contributed by atoms with Gasteiger partial charge in [0.05, 0.1) is 28.7 Å². The summed E-state index contributed by atoms with van der Waals surface area (Å²) in [5.41, 5.74) is 4.67. The van der Waals surface area contributed by atoms with E-state index >= 15 is 0 Å². The molecule has 0 N–H and O–H groups in total. The second-order valence-corrected chi connectivity index (χ2v) is 7.97. The first-order valence-corrected chi connectivity index (χ1v) is 8.82. The van der Waals surface area contributed by atoms with Crippen molar-refractivity contribution in [1.29, 1.82) is 0 Å². The summed E-state index contributed by atoms with van der Waals surface area (Å²) in [5.74, 6) is 0. The Morgan fingerprint density at radius 2 is 1.74 bits per heavy atom. The van der Waals surface area contributed by atoms with Crippen LogP contribution in [0.4, 0.5) is 5.69 Å². The van der Waals surface area contributed by atoms with E-state index in [1.54, 1.807) is 0 Å². The molecule has 0 radical (unpaired) electrons.